The van der Waals surface area contributed by atoms with Crippen molar-refractivity contribution in [1.82, 2.24) is 14.8 Å². The number of hydrogen-bond donors (Lipinski definition) is 1. The number of nitrogens with zero attached hydrogens (tertiary/aromatic N) is 2. The van der Waals surface area contributed by atoms with Crippen molar-refractivity contribution >= 4 is 11.8 Å². The molecule has 1 saturated heterocycles. The van der Waals surface area contributed by atoms with Gasteiger partial charge in [-0.25, -0.2) is 0 Å². The number of carbonyl (C=O) groups excluding carboxylic acids is 2. The Kier molecular flexibility index (Phi) is 6.81. The summed E-state index contributed by atoms with van der Waals surface area (Å²) in [4.78, 5) is 40.8. The van der Waals surface area contributed by atoms with Gasteiger partial charge in [0, 0.05) is 38.1 Å². The fourth-order valence-corrected chi connectivity index (χ4v) is 4.77. The van der Waals surface area contributed by atoms with E-state index in [2.05, 4.69) is 19.2 Å². The molecule has 2 fully saturated rings. The van der Waals surface area contributed by atoms with Crippen molar-refractivity contribution in [1.29, 1.82) is 0 Å². The number of nitrogens with one attached hydrogen (secondary N) is 1. The molecule has 1 aliphatic heterocycles. The molecule has 1 N–H and O–H groups in total. The van der Waals surface area contributed by atoms with Gasteiger partial charge in [-0.1, -0.05) is 33.1 Å². The molecule has 1 aliphatic carbocycles. The predicted octanol–water partition coefficient (Wildman–Crippen LogP) is 3.29. The monoisotopic (exact) mass is 401 g/mol. The van der Waals surface area contributed by atoms with E-state index in [-0.39, 0.29) is 23.1 Å². The van der Waals surface area contributed by atoms with Gasteiger partial charge in [0.25, 0.3) is 11.8 Å². The van der Waals surface area contributed by atoms with E-state index in [0.29, 0.717) is 30.8 Å². The number of pyridine rings is 1. The minimum Gasteiger partial charge on any atom is -0.352 e. The highest BCUT2D eigenvalue weighted by atomic mass is 16.2. The Balaban J connectivity index is 1.91. The van der Waals surface area contributed by atoms with E-state index >= 15 is 0 Å². The van der Waals surface area contributed by atoms with Gasteiger partial charge < -0.3 is 14.8 Å². The fraction of sp³-hybridized carbons (Fsp3) is 0.696. The van der Waals surface area contributed by atoms with Gasteiger partial charge in [-0.2, -0.15) is 0 Å². The summed E-state index contributed by atoms with van der Waals surface area (Å²) < 4.78 is 1.82. The van der Waals surface area contributed by atoms with Gasteiger partial charge >= 0.3 is 0 Å². The van der Waals surface area contributed by atoms with Gasteiger partial charge in [-0.3, -0.25) is 14.4 Å². The zero-order valence-electron chi connectivity index (χ0n) is 18.2. The molecule has 0 radical (unpaired) electrons. The summed E-state index contributed by atoms with van der Waals surface area (Å²) in [5.74, 6) is 0.957. The maximum Gasteiger partial charge on any atom is 0.259 e. The number of hydrogen-bond acceptors (Lipinski definition) is 3. The summed E-state index contributed by atoms with van der Waals surface area (Å²) >= 11 is 0. The molecule has 3 rings (SSSR count). The van der Waals surface area contributed by atoms with Crippen LogP contribution >= 0.6 is 0 Å². The molecule has 1 saturated carbocycles. The second kappa shape index (κ2) is 9.14. The van der Waals surface area contributed by atoms with Crippen LogP contribution < -0.4 is 10.7 Å². The van der Waals surface area contributed by atoms with Gasteiger partial charge in [-0.05, 0) is 44.4 Å². The number of amides is 2. The summed E-state index contributed by atoms with van der Waals surface area (Å²) in [6.45, 7) is 9.93. The highest BCUT2D eigenvalue weighted by Crippen LogP contribution is 2.36. The van der Waals surface area contributed by atoms with Gasteiger partial charge in [0.1, 0.15) is 11.1 Å². The second-order valence-corrected chi connectivity index (χ2v) is 9.48. The minimum absolute atomic E-state index is 0.0535. The van der Waals surface area contributed by atoms with E-state index in [1.807, 2.05) is 23.3 Å². The minimum atomic E-state index is -0.459. The number of likely N-dealkylation sites (tertiary alicyclic amines) is 1. The molecule has 0 unspecified atom stereocenters. The lowest BCUT2D eigenvalue weighted by atomic mass is 9.75. The molecule has 2 atom stereocenters. The lowest BCUT2D eigenvalue weighted by molar-refractivity contribution is 0.0518. The Morgan fingerprint density at radius 3 is 2.34 bits per heavy atom. The molecule has 160 valence electrons. The van der Waals surface area contributed by atoms with Crippen LogP contribution in [-0.4, -0.2) is 40.4 Å². The summed E-state index contributed by atoms with van der Waals surface area (Å²) in [5, 5.41) is 2.79. The molecular formula is C23H35N3O3. The molecule has 2 amide bonds. The molecule has 1 aromatic rings. The molecule has 2 aliphatic rings. The molecule has 29 heavy (non-hydrogen) atoms. The summed E-state index contributed by atoms with van der Waals surface area (Å²) in [7, 11) is 0. The molecule has 0 bridgehead atoms. The predicted molar refractivity (Wildman–Crippen MR) is 114 cm³/mol. The van der Waals surface area contributed by atoms with Crippen LogP contribution in [0.3, 0.4) is 0 Å². The smallest absolute Gasteiger partial charge is 0.259 e. The maximum absolute atomic E-state index is 13.3. The van der Waals surface area contributed by atoms with Crippen LogP contribution in [0.25, 0.3) is 0 Å². The van der Waals surface area contributed by atoms with E-state index in [1.165, 1.54) is 25.7 Å². The van der Waals surface area contributed by atoms with Crippen molar-refractivity contribution in [3.8, 4) is 0 Å². The van der Waals surface area contributed by atoms with E-state index in [9.17, 15) is 14.4 Å². The van der Waals surface area contributed by atoms with Crippen molar-refractivity contribution in [3.63, 3.8) is 0 Å². The lowest BCUT2D eigenvalue weighted by Gasteiger charge is -2.41. The van der Waals surface area contributed by atoms with Gasteiger partial charge in [-0.15, -0.1) is 0 Å². The van der Waals surface area contributed by atoms with Crippen molar-refractivity contribution in [3.05, 3.63) is 33.7 Å². The third kappa shape index (κ3) is 5.09. The van der Waals surface area contributed by atoms with Crippen molar-refractivity contribution in [2.24, 2.45) is 17.8 Å². The molecule has 6 nitrogen and oxygen atoms in total. The normalized spacial score (nSPS) is 21.9. The summed E-state index contributed by atoms with van der Waals surface area (Å²) in [5.41, 5.74) is -0.284. The van der Waals surface area contributed by atoms with E-state index in [1.54, 1.807) is 12.4 Å². The van der Waals surface area contributed by atoms with E-state index in [0.717, 1.165) is 13.0 Å². The van der Waals surface area contributed by atoms with Crippen LogP contribution in [0, 0.1) is 17.8 Å². The van der Waals surface area contributed by atoms with Crippen molar-refractivity contribution in [2.45, 2.75) is 72.4 Å². The van der Waals surface area contributed by atoms with Crippen LogP contribution in [0.1, 0.15) is 80.5 Å². The zero-order chi connectivity index (χ0) is 21.1. The molecular weight excluding hydrogens is 366 g/mol. The van der Waals surface area contributed by atoms with Crippen LogP contribution in [0.4, 0.5) is 0 Å². The molecule has 0 spiro atoms. The standard InChI is InChI=1S/C23H35N3O3/c1-15(2)11-25-13-19(22(28)24-16(3)4)21(27)20(14-25)23(29)26-10-9-17-7-5-6-8-18(17)12-26/h13-18H,5-12H2,1-4H3,(H,24,28)/t17-,18-/m0/s1. The third-order valence-electron chi connectivity index (χ3n) is 6.13. The van der Waals surface area contributed by atoms with E-state index < -0.39 is 11.3 Å². The molecule has 6 heteroatoms. The average Bonchev–Trinajstić information content (AvgIpc) is 2.67. The lowest BCUT2D eigenvalue weighted by Crippen LogP contribution is -2.46. The topological polar surface area (TPSA) is 71.4 Å². The first-order valence-electron chi connectivity index (χ1n) is 11.1. The summed E-state index contributed by atoms with van der Waals surface area (Å²) in [6, 6.07) is -0.0786. The average molecular weight is 402 g/mol. The fourth-order valence-electron chi connectivity index (χ4n) is 4.77. The van der Waals surface area contributed by atoms with Crippen LogP contribution in [-0.2, 0) is 6.54 Å². The van der Waals surface area contributed by atoms with Gasteiger partial charge in [0.15, 0.2) is 0 Å². The van der Waals surface area contributed by atoms with Crippen LogP contribution in [0.2, 0.25) is 0 Å². The van der Waals surface area contributed by atoms with Gasteiger partial charge in [0.05, 0.1) is 0 Å². The largest absolute Gasteiger partial charge is 0.352 e. The van der Waals surface area contributed by atoms with Gasteiger partial charge in [0.2, 0.25) is 5.43 Å². The SMILES string of the molecule is CC(C)Cn1cc(C(=O)NC(C)C)c(=O)c(C(=O)N2CC[C@@H]3CCCC[C@H]3C2)c1. The second-order valence-electron chi connectivity index (χ2n) is 9.48. The Bertz CT molecular complexity index is 812. The first-order chi connectivity index (χ1) is 13.8. The zero-order valence-corrected chi connectivity index (χ0v) is 18.2. The third-order valence-corrected chi connectivity index (χ3v) is 6.13. The Hall–Kier alpha value is -2.11. The molecule has 2 heterocycles. The Labute approximate surface area is 173 Å². The number of aromatic nitrogens is 1. The number of fused-ring (bicyclic) bond motifs is 1. The quantitative estimate of drug-likeness (QED) is 0.823. The number of rotatable bonds is 5. The molecule has 1 aromatic heterocycles. The van der Waals surface area contributed by atoms with E-state index in [4.69, 9.17) is 0 Å². The Morgan fingerprint density at radius 1 is 1.03 bits per heavy atom. The summed E-state index contributed by atoms with van der Waals surface area (Å²) in [6.07, 6.45) is 9.21. The number of carbonyl (C=O) groups is 2. The van der Waals surface area contributed by atoms with Crippen molar-refractivity contribution < 1.29 is 9.59 Å². The maximum atomic E-state index is 13.3. The Morgan fingerprint density at radius 2 is 1.69 bits per heavy atom. The highest BCUT2D eigenvalue weighted by Gasteiger charge is 2.34. The highest BCUT2D eigenvalue weighted by molar-refractivity contribution is 5.99. The first-order valence-corrected chi connectivity index (χ1v) is 11.1. The first kappa shape index (κ1) is 21.6. The number of piperidine rings is 1. The molecule has 0 aromatic carbocycles. The van der Waals surface area contributed by atoms with Crippen molar-refractivity contribution in [2.75, 3.05) is 13.1 Å². The van der Waals surface area contributed by atoms with Crippen LogP contribution in [0.15, 0.2) is 17.2 Å². The van der Waals surface area contributed by atoms with Crippen LogP contribution in [0.5, 0.6) is 0 Å².